The number of hydrogen-bond acceptors (Lipinski definition) is 3. The second-order valence-corrected chi connectivity index (χ2v) is 5.01. The van der Waals surface area contributed by atoms with E-state index in [0.717, 1.165) is 11.4 Å². The molecular formula is C18H18N2O. The van der Waals surface area contributed by atoms with Gasteiger partial charge >= 0.3 is 0 Å². The maximum absolute atomic E-state index is 5.52. The summed E-state index contributed by atoms with van der Waals surface area (Å²) in [6.45, 7) is 2.78. The lowest BCUT2D eigenvalue weighted by Gasteiger charge is -2.14. The number of rotatable bonds is 4. The van der Waals surface area contributed by atoms with E-state index in [1.807, 2.05) is 18.3 Å². The van der Waals surface area contributed by atoms with E-state index in [1.54, 1.807) is 13.3 Å². The molecule has 0 bridgehead atoms. The van der Waals surface area contributed by atoms with Crippen LogP contribution in [0.15, 0.2) is 54.9 Å². The van der Waals surface area contributed by atoms with E-state index in [4.69, 9.17) is 4.74 Å². The highest BCUT2D eigenvalue weighted by atomic mass is 16.5. The summed E-state index contributed by atoms with van der Waals surface area (Å²) >= 11 is 0. The van der Waals surface area contributed by atoms with E-state index < -0.39 is 0 Å². The minimum atomic E-state index is 0.705. The molecule has 0 spiro atoms. The fourth-order valence-electron chi connectivity index (χ4n) is 2.52. The third-order valence-electron chi connectivity index (χ3n) is 3.71. The standard InChI is InChI=1S/C18H18N2O/c1-13-9-10-19-12-17(13)20-11-16-15-6-4-3-5-14(15)7-8-18(16)21-2/h3-10,12,20H,11H2,1-2H3. The minimum absolute atomic E-state index is 0.705. The maximum Gasteiger partial charge on any atom is 0.124 e. The first-order valence-corrected chi connectivity index (χ1v) is 6.98. The van der Waals surface area contributed by atoms with Crippen molar-refractivity contribution in [1.29, 1.82) is 0 Å². The van der Waals surface area contributed by atoms with Crippen molar-refractivity contribution in [2.24, 2.45) is 0 Å². The van der Waals surface area contributed by atoms with Gasteiger partial charge in [-0.2, -0.15) is 0 Å². The largest absolute Gasteiger partial charge is 0.496 e. The molecule has 0 aliphatic heterocycles. The van der Waals surface area contributed by atoms with Crippen LogP contribution >= 0.6 is 0 Å². The first kappa shape index (κ1) is 13.4. The van der Waals surface area contributed by atoms with Crippen LogP contribution in [-0.4, -0.2) is 12.1 Å². The SMILES string of the molecule is COc1ccc2ccccc2c1CNc1cnccc1C. The van der Waals surface area contributed by atoms with E-state index in [2.05, 4.69) is 47.6 Å². The lowest BCUT2D eigenvalue weighted by Crippen LogP contribution is -2.04. The Bertz CT molecular complexity index is 768. The Morgan fingerprint density at radius 2 is 1.95 bits per heavy atom. The van der Waals surface area contributed by atoms with Crippen molar-refractivity contribution in [2.45, 2.75) is 13.5 Å². The molecular weight excluding hydrogens is 260 g/mol. The number of benzene rings is 2. The molecule has 0 aliphatic rings. The molecule has 106 valence electrons. The van der Waals surface area contributed by atoms with Crippen LogP contribution in [0.4, 0.5) is 5.69 Å². The van der Waals surface area contributed by atoms with Gasteiger partial charge in [0.15, 0.2) is 0 Å². The molecule has 0 fully saturated rings. The zero-order chi connectivity index (χ0) is 14.7. The molecule has 0 saturated heterocycles. The van der Waals surface area contributed by atoms with Gasteiger partial charge in [-0.3, -0.25) is 4.98 Å². The van der Waals surface area contributed by atoms with Crippen LogP contribution in [0, 0.1) is 6.92 Å². The molecule has 0 radical (unpaired) electrons. The zero-order valence-electron chi connectivity index (χ0n) is 12.3. The van der Waals surface area contributed by atoms with Gasteiger partial charge in [0.25, 0.3) is 0 Å². The molecule has 3 rings (SSSR count). The fourth-order valence-corrected chi connectivity index (χ4v) is 2.52. The van der Waals surface area contributed by atoms with E-state index in [-0.39, 0.29) is 0 Å². The molecule has 0 amide bonds. The van der Waals surface area contributed by atoms with Crippen molar-refractivity contribution in [3.63, 3.8) is 0 Å². The number of aromatic nitrogens is 1. The van der Waals surface area contributed by atoms with Crippen molar-refractivity contribution >= 4 is 16.5 Å². The van der Waals surface area contributed by atoms with Gasteiger partial charge in [-0.05, 0) is 35.4 Å². The number of ether oxygens (including phenoxy) is 1. The Morgan fingerprint density at radius 1 is 1.10 bits per heavy atom. The van der Waals surface area contributed by atoms with Gasteiger partial charge in [-0.25, -0.2) is 0 Å². The molecule has 1 aromatic heterocycles. The number of nitrogens with one attached hydrogen (secondary N) is 1. The molecule has 3 nitrogen and oxygen atoms in total. The normalized spacial score (nSPS) is 10.6. The summed E-state index contributed by atoms with van der Waals surface area (Å²) in [6, 6.07) is 14.5. The number of pyridine rings is 1. The van der Waals surface area contributed by atoms with Crippen LogP contribution in [0.2, 0.25) is 0 Å². The molecule has 0 saturated carbocycles. The zero-order valence-corrected chi connectivity index (χ0v) is 12.3. The average molecular weight is 278 g/mol. The molecule has 0 atom stereocenters. The van der Waals surface area contributed by atoms with Crippen LogP contribution in [0.3, 0.4) is 0 Å². The summed E-state index contributed by atoms with van der Waals surface area (Å²) in [7, 11) is 1.71. The molecule has 21 heavy (non-hydrogen) atoms. The van der Waals surface area contributed by atoms with E-state index in [0.29, 0.717) is 6.54 Å². The summed E-state index contributed by atoms with van der Waals surface area (Å²) < 4.78 is 5.52. The minimum Gasteiger partial charge on any atom is -0.496 e. The van der Waals surface area contributed by atoms with Crippen LogP contribution < -0.4 is 10.1 Å². The number of nitrogens with zero attached hydrogens (tertiary/aromatic N) is 1. The Kier molecular flexibility index (Phi) is 3.73. The van der Waals surface area contributed by atoms with Gasteiger partial charge in [0.2, 0.25) is 0 Å². The monoisotopic (exact) mass is 278 g/mol. The van der Waals surface area contributed by atoms with Crippen molar-refractivity contribution in [2.75, 3.05) is 12.4 Å². The number of fused-ring (bicyclic) bond motifs is 1. The fraction of sp³-hybridized carbons (Fsp3) is 0.167. The van der Waals surface area contributed by atoms with Gasteiger partial charge in [-0.1, -0.05) is 30.3 Å². The number of hydrogen-bond donors (Lipinski definition) is 1. The van der Waals surface area contributed by atoms with Crippen molar-refractivity contribution in [3.05, 3.63) is 66.0 Å². The highest BCUT2D eigenvalue weighted by Gasteiger charge is 2.08. The number of aryl methyl sites for hydroxylation is 1. The van der Waals surface area contributed by atoms with E-state index in [9.17, 15) is 0 Å². The second kappa shape index (κ2) is 5.83. The van der Waals surface area contributed by atoms with E-state index in [1.165, 1.54) is 21.9 Å². The summed E-state index contributed by atoms with van der Waals surface area (Å²) in [5.74, 6) is 0.905. The quantitative estimate of drug-likeness (QED) is 0.778. The van der Waals surface area contributed by atoms with Gasteiger partial charge < -0.3 is 10.1 Å². The third kappa shape index (κ3) is 2.68. The summed E-state index contributed by atoms with van der Waals surface area (Å²) in [5, 5.41) is 5.89. The maximum atomic E-state index is 5.52. The number of anilines is 1. The van der Waals surface area contributed by atoms with Gasteiger partial charge in [0, 0.05) is 18.3 Å². The highest BCUT2D eigenvalue weighted by molar-refractivity contribution is 5.88. The van der Waals surface area contributed by atoms with Gasteiger partial charge in [0.05, 0.1) is 19.0 Å². The summed E-state index contributed by atoms with van der Waals surface area (Å²) in [4.78, 5) is 4.17. The Labute approximate surface area is 124 Å². The molecule has 2 aromatic carbocycles. The smallest absolute Gasteiger partial charge is 0.124 e. The Balaban J connectivity index is 1.97. The van der Waals surface area contributed by atoms with E-state index >= 15 is 0 Å². The van der Waals surface area contributed by atoms with Crippen LogP contribution in [0.25, 0.3) is 10.8 Å². The second-order valence-electron chi connectivity index (χ2n) is 5.01. The van der Waals surface area contributed by atoms with Crippen molar-refractivity contribution in [3.8, 4) is 5.75 Å². The average Bonchev–Trinajstić information content (AvgIpc) is 2.53. The number of methoxy groups -OCH3 is 1. The molecule has 3 heteroatoms. The molecule has 3 aromatic rings. The molecule has 1 heterocycles. The lowest BCUT2D eigenvalue weighted by molar-refractivity contribution is 0.411. The summed E-state index contributed by atoms with van der Waals surface area (Å²) in [6.07, 6.45) is 3.66. The molecule has 1 N–H and O–H groups in total. The first-order chi connectivity index (χ1) is 10.3. The van der Waals surface area contributed by atoms with Crippen LogP contribution in [0.5, 0.6) is 5.75 Å². The van der Waals surface area contributed by atoms with Crippen molar-refractivity contribution < 1.29 is 4.74 Å². The molecule has 0 unspecified atom stereocenters. The summed E-state index contributed by atoms with van der Waals surface area (Å²) in [5.41, 5.74) is 3.40. The first-order valence-electron chi connectivity index (χ1n) is 6.98. The lowest BCUT2D eigenvalue weighted by atomic mass is 10.0. The third-order valence-corrected chi connectivity index (χ3v) is 3.71. The predicted octanol–water partition coefficient (Wildman–Crippen LogP) is 4.16. The van der Waals surface area contributed by atoms with Crippen LogP contribution in [-0.2, 0) is 6.54 Å². The van der Waals surface area contributed by atoms with Gasteiger partial charge in [-0.15, -0.1) is 0 Å². The predicted molar refractivity (Wildman–Crippen MR) is 86.8 cm³/mol. The Hall–Kier alpha value is -2.55. The van der Waals surface area contributed by atoms with Crippen LogP contribution in [0.1, 0.15) is 11.1 Å². The Morgan fingerprint density at radius 3 is 2.76 bits per heavy atom. The van der Waals surface area contributed by atoms with Gasteiger partial charge in [0.1, 0.15) is 5.75 Å². The molecule has 0 aliphatic carbocycles. The topological polar surface area (TPSA) is 34.1 Å². The van der Waals surface area contributed by atoms with Crippen molar-refractivity contribution in [1.82, 2.24) is 4.98 Å². The highest BCUT2D eigenvalue weighted by Crippen LogP contribution is 2.28.